The van der Waals surface area contributed by atoms with Crippen LogP contribution in [0.3, 0.4) is 0 Å². The van der Waals surface area contributed by atoms with Crippen LogP contribution >= 0.6 is 11.6 Å². The first-order valence-corrected chi connectivity index (χ1v) is 2.53. The van der Waals surface area contributed by atoms with Crippen molar-refractivity contribution in [2.24, 2.45) is 5.84 Å². The summed E-state index contributed by atoms with van der Waals surface area (Å²) in [7, 11) is 0. The Bertz CT molecular complexity index is 51.7. The van der Waals surface area contributed by atoms with E-state index < -0.39 is 0 Å². The SMILES string of the molecule is C=CC(CCl)NN. The predicted molar refractivity (Wildman–Crippen MR) is 32.0 cm³/mol. The molecule has 0 heterocycles. The average molecular weight is 121 g/mol. The smallest absolute Gasteiger partial charge is 0.0523 e. The number of nitrogens with two attached hydrogens (primary N) is 1. The van der Waals surface area contributed by atoms with E-state index in [9.17, 15) is 0 Å². The van der Waals surface area contributed by atoms with E-state index in [4.69, 9.17) is 17.4 Å². The largest absolute Gasteiger partial charge is 0.271 e. The zero-order chi connectivity index (χ0) is 5.70. The maximum atomic E-state index is 5.35. The fraction of sp³-hybridized carbons (Fsp3) is 0.500. The molecule has 0 rings (SSSR count). The van der Waals surface area contributed by atoms with Gasteiger partial charge in [0.2, 0.25) is 0 Å². The molecule has 0 aliphatic rings. The van der Waals surface area contributed by atoms with Crippen LogP contribution in [0.2, 0.25) is 0 Å². The molecule has 0 fully saturated rings. The fourth-order valence-corrected chi connectivity index (χ4v) is 0.391. The average Bonchev–Trinajstić information content (AvgIpc) is 1.72. The van der Waals surface area contributed by atoms with E-state index >= 15 is 0 Å². The number of hydrogen-bond donors (Lipinski definition) is 2. The topological polar surface area (TPSA) is 38.0 Å². The zero-order valence-corrected chi connectivity index (χ0v) is 4.78. The van der Waals surface area contributed by atoms with Gasteiger partial charge in [-0.1, -0.05) is 6.08 Å². The van der Waals surface area contributed by atoms with Gasteiger partial charge in [0.1, 0.15) is 0 Å². The Morgan fingerprint density at radius 3 is 2.57 bits per heavy atom. The molecule has 0 aliphatic carbocycles. The first-order chi connectivity index (χ1) is 3.35. The van der Waals surface area contributed by atoms with Crippen molar-refractivity contribution < 1.29 is 0 Å². The van der Waals surface area contributed by atoms with Crippen LogP contribution in [0.4, 0.5) is 0 Å². The molecule has 3 heteroatoms. The van der Waals surface area contributed by atoms with Gasteiger partial charge in [-0.3, -0.25) is 11.3 Å². The van der Waals surface area contributed by atoms with Crippen molar-refractivity contribution in [3.63, 3.8) is 0 Å². The van der Waals surface area contributed by atoms with E-state index in [1.165, 1.54) is 0 Å². The number of nitrogens with one attached hydrogen (secondary N) is 1. The summed E-state index contributed by atoms with van der Waals surface area (Å²) in [5, 5.41) is 0. The maximum Gasteiger partial charge on any atom is 0.0523 e. The lowest BCUT2D eigenvalue weighted by atomic mass is 10.4. The Morgan fingerprint density at radius 1 is 2.00 bits per heavy atom. The third-order valence-corrected chi connectivity index (χ3v) is 0.997. The Morgan fingerprint density at radius 2 is 2.57 bits per heavy atom. The summed E-state index contributed by atoms with van der Waals surface area (Å²) in [6, 6.07) is 0.0432. The molecular formula is C4H9ClN2. The number of hydrazine groups is 1. The normalized spacial score (nSPS) is 13.4. The monoisotopic (exact) mass is 120 g/mol. The third-order valence-electron chi connectivity index (χ3n) is 0.665. The van der Waals surface area contributed by atoms with E-state index in [-0.39, 0.29) is 6.04 Å². The summed E-state index contributed by atoms with van der Waals surface area (Å²) in [6.45, 7) is 3.48. The molecule has 0 amide bonds. The Hall–Kier alpha value is -0.0500. The van der Waals surface area contributed by atoms with Crippen LogP contribution < -0.4 is 11.3 Å². The first kappa shape index (κ1) is 6.95. The first-order valence-electron chi connectivity index (χ1n) is 1.99. The minimum atomic E-state index is 0.0432. The van der Waals surface area contributed by atoms with Gasteiger partial charge < -0.3 is 0 Å². The lowest BCUT2D eigenvalue weighted by Gasteiger charge is -2.02. The quantitative estimate of drug-likeness (QED) is 0.242. The van der Waals surface area contributed by atoms with Crippen LogP contribution in [0.15, 0.2) is 12.7 Å². The van der Waals surface area contributed by atoms with E-state index in [0.717, 1.165) is 0 Å². The Balaban J connectivity index is 3.16. The van der Waals surface area contributed by atoms with Crippen molar-refractivity contribution >= 4 is 11.6 Å². The second-order valence-electron chi connectivity index (χ2n) is 1.16. The number of hydrogen-bond acceptors (Lipinski definition) is 2. The molecular weight excluding hydrogens is 112 g/mol. The lowest BCUT2D eigenvalue weighted by molar-refractivity contribution is 0.675. The highest BCUT2D eigenvalue weighted by molar-refractivity contribution is 6.18. The molecule has 3 N–H and O–H groups in total. The molecule has 0 saturated heterocycles. The van der Waals surface area contributed by atoms with Gasteiger partial charge in [0.05, 0.1) is 6.04 Å². The van der Waals surface area contributed by atoms with Gasteiger partial charge in [-0.15, -0.1) is 18.2 Å². The van der Waals surface area contributed by atoms with Crippen LogP contribution in [0, 0.1) is 0 Å². The predicted octanol–water partition coefficient (Wildman–Crippen LogP) is 0.243. The molecule has 0 spiro atoms. The van der Waals surface area contributed by atoms with Gasteiger partial charge in [-0.05, 0) is 0 Å². The highest BCUT2D eigenvalue weighted by atomic mass is 35.5. The minimum absolute atomic E-state index is 0.0432. The summed E-state index contributed by atoms with van der Waals surface area (Å²) in [5.74, 6) is 5.46. The van der Waals surface area contributed by atoms with Crippen LogP contribution in [-0.2, 0) is 0 Å². The Labute approximate surface area is 48.3 Å². The van der Waals surface area contributed by atoms with E-state index in [1.54, 1.807) is 6.08 Å². The van der Waals surface area contributed by atoms with Crippen LogP contribution in [0.25, 0.3) is 0 Å². The van der Waals surface area contributed by atoms with Crippen LogP contribution in [-0.4, -0.2) is 11.9 Å². The van der Waals surface area contributed by atoms with Gasteiger partial charge in [0.25, 0.3) is 0 Å². The minimum Gasteiger partial charge on any atom is -0.271 e. The molecule has 0 aliphatic heterocycles. The van der Waals surface area contributed by atoms with Crippen LogP contribution in [0.5, 0.6) is 0 Å². The third kappa shape index (κ3) is 2.62. The molecule has 42 valence electrons. The van der Waals surface area contributed by atoms with Crippen molar-refractivity contribution in [3.05, 3.63) is 12.7 Å². The highest BCUT2D eigenvalue weighted by Gasteiger charge is 1.93. The molecule has 0 radical (unpaired) electrons. The molecule has 0 aromatic heterocycles. The molecule has 2 nitrogen and oxygen atoms in total. The standard InChI is InChI=1S/C4H9ClN2/c1-2-4(3-5)7-6/h2,4,7H,1,3,6H2. The molecule has 0 saturated carbocycles. The van der Waals surface area contributed by atoms with E-state index in [0.29, 0.717) is 5.88 Å². The Kier molecular flexibility index (Phi) is 4.09. The second-order valence-corrected chi connectivity index (χ2v) is 1.47. The van der Waals surface area contributed by atoms with Gasteiger partial charge in [-0.25, -0.2) is 0 Å². The second kappa shape index (κ2) is 4.12. The molecule has 1 unspecified atom stereocenters. The summed E-state index contributed by atoms with van der Waals surface area (Å²) in [5.41, 5.74) is 2.45. The van der Waals surface area contributed by atoms with Gasteiger partial charge in [0.15, 0.2) is 0 Å². The van der Waals surface area contributed by atoms with Gasteiger partial charge in [0, 0.05) is 5.88 Å². The summed E-state index contributed by atoms with van der Waals surface area (Å²) < 4.78 is 0. The molecule has 0 aromatic carbocycles. The molecule has 7 heavy (non-hydrogen) atoms. The number of halogens is 1. The summed E-state index contributed by atoms with van der Waals surface area (Å²) >= 11 is 5.35. The van der Waals surface area contributed by atoms with Crippen molar-refractivity contribution in [1.29, 1.82) is 0 Å². The van der Waals surface area contributed by atoms with Crippen molar-refractivity contribution in [2.75, 3.05) is 5.88 Å². The van der Waals surface area contributed by atoms with Crippen molar-refractivity contribution in [3.8, 4) is 0 Å². The molecule has 0 aromatic rings. The number of alkyl halides is 1. The molecule has 0 bridgehead atoms. The number of rotatable bonds is 3. The summed E-state index contributed by atoms with van der Waals surface area (Å²) in [6.07, 6.45) is 1.66. The zero-order valence-electron chi connectivity index (χ0n) is 4.02. The summed E-state index contributed by atoms with van der Waals surface area (Å²) in [4.78, 5) is 0. The van der Waals surface area contributed by atoms with Gasteiger partial charge >= 0.3 is 0 Å². The highest BCUT2D eigenvalue weighted by Crippen LogP contribution is 1.84. The fourth-order valence-electron chi connectivity index (χ4n) is 0.176. The maximum absolute atomic E-state index is 5.35. The van der Waals surface area contributed by atoms with Gasteiger partial charge in [-0.2, -0.15) is 0 Å². The van der Waals surface area contributed by atoms with E-state index in [1.807, 2.05) is 0 Å². The van der Waals surface area contributed by atoms with Crippen LogP contribution in [0.1, 0.15) is 0 Å². The molecule has 1 atom stereocenters. The lowest BCUT2D eigenvalue weighted by Crippen LogP contribution is -2.34. The van der Waals surface area contributed by atoms with Crippen molar-refractivity contribution in [1.82, 2.24) is 5.43 Å². The van der Waals surface area contributed by atoms with E-state index in [2.05, 4.69) is 12.0 Å². The van der Waals surface area contributed by atoms with Crippen molar-refractivity contribution in [2.45, 2.75) is 6.04 Å².